The van der Waals surface area contributed by atoms with Crippen molar-refractivity contribution in [2.75, 3.05) is 20.1 Å². The minimum atomic E-state index is 0.764. The minimum absolute atomic E-state index is 0.764. The molecule has 0 aliphatic carbocycles. The molecule has 0 radical (unpaired) electrons. The Labute approximate surface area is 87.7 Å². The van der Waals surface area contributed by atoms with Crippen LogP contribution < -0.4 is 0 Å². The number of likely N-dealkylation sites (N-methyl/N-ethyl adjacent to an activating group) is 1. The van der Waals surface area contributed by atoms with Crippen molar-refractivity contribution in [1.82, 2.24) is 19.4 Å². The van der Waals surface area contributed by atoms with Gasteiger partial charge in [0.15, 0.2) is 0 Å². The highest BCUT2D eigenvalue weighted by atomic mass is 32.1. The van der Waals surface area contributed by atoms with Crippen LogP contribution in [0.25, 0.3) is 0 Å². The summed E-state index contributed by atoms with van der Waals surface area (Å²) in [6.45, 7) is 3.43. The van der Waals surface area contributed by atoms with E-state index in [9.17, 15) is 0 Å². The molecule has 2 atom stereocenters. The standard InChI is InChI=1S/C9H14N4S/c1-12-4-8-2-9(5-12)13(8)3-7-6-14-11-10-7/h6,8-9H,2-5H2,1H3. The zero-order chi connectivity index (χ0) is 9.54. The predicted molar refractivity (Wildman–Crippen MR) is 55.1 cm³/mol. The highest BCUT2D eigenvalue weighted by molar-refractivity contribution is 7.03. The van der Waals surface area contributed by atoms with Crippen molar-refractivity contribution in [2.45, 2.75) is 25.0 Å². The number of piperidine rings is 1. The Bertz CT molecular complexity index is 301. The van der Waals surface area contributed by atoms with E-state index in [1.165, 1.54) is 31.0 Å². The van der Waals surface area contributed by atoms with E-state index in [2.05, 4.69) is 31.8 Å². The van der Waals surface area contributed by atoms with E-state index in [4.69, 9.17) is 0 Å². The number of rotatable bonds is 2. The molecule has 3 aliphatic rings. The Morgan fingerprint density at radius 2 is 2.29 bits per heavy atom. The average Bonchev–Trinajstić information content (AvgIpc) is 2.66. The first-order chi connectivity index (χ1) is 6.83. The van der Waals surface area contributed by atoms with Gasteiger partial charge in [0.05, 0.1) is 5.69 Å². The topological polar surface area (TPSA) is 32.3 Å². The summed E-state index contributed by atoms with van der Waals surface area (Å²) in [6.07, 6.45) is 1.38. The molecule has 1 aromatic rings. The summed E-state index contributed by atoms with van der Waals surface area (Å²) in [5.74, 6) is 0. The minimum Gasteiger partial charge on any atom is -0.303 e. The Hall–Kier alpha value is -0.520. The molecule has 4 rings (SSSR count). The van der Waals surface area contributed by atoms with Gasteiger partial charge in [0.1, 0.15) is 0 Å². The fourth-order valence-electron chi connectivity index (χ4n) is 2.60. The van der Waals surface area contributed by atoms with Gasteiger partial charge < -0.3 is 4.90 Å². The SMILES string of the molecule is CN1CC2CC(C1)N2Cc1csnn1. The molecule has 0 saturated carbocycles. The Balaban J connectivity index is 1.66. The Kier molecular flexibility index (Phi) is 2.04. The molecule has 0 aromatic carbocycles. The molecule has 3 aliphatic heterocycles. The summed E-state index contributed by atoms with van der Waals surface area (Å²) in [7, 11) is 2.21. The molecule has 5 heteroatoms. The Morgan fingerprint density at radius 3 is 2.93 bits per heavy atom. The zero-order valence-electron chi connectivity index (χ0n) is 8.26. The average molecular weight is 210 g/mol. The molecule has 76 valence electrons. The van der Waals surface area contributed by atoms with Crippen molar-refractivity contribution in [1.29, 1.82) is 0 Å². The molecular weight excluding hydrogens is 196 g/mol. The maximum atomic E-state index is 4.10. The van der Waals surface area contributed by atoms with E-state index in [1.54, 1.807) is 0 Å². The third kappa shape index (κ3) is 1.36. The molecule has 0 amide bonds. The lowest BCUT2D eigenvalue weighted by Crippen LogP contribution is -2.67. The van der Waals surface area contributed by atoms with E-state index in [-0.39, 0.29) is 0 Å². The normalized spacial score (nSPS) is 32.9. The summed E-state index contributed by atoms with van der Waals surface area (Å²) < 4.78 is 3.90. The second kappa shape index (κ2) is 3.25. The lowest BCUT2D eigenvalue weighted by molar-refractivity contribution is -0.0675. The fraction of sp³-hybridized carbons (Fsp3) is 0.778. The quantitative estimate of drug-likeness (QED) is 0.708. The molecule has 2 bridgehead atoms. The van der Waals surface area contributed by atoms with E-state index in [0.717, 1.165) is 24.3 Å². The van der Waals surface area contributed by atoms with Crippen LogP contribution in [0, 0.1) is 0 Å². The zero-order valence-corrected chi connectivity index (χ0v) is 9.07. The van der Waals surface area contributed by atoms with Crippen LogP contribution in [0.3, 0.4) is 0 Å². The number of piperazine rings is 1. The first kappa shape index (κ1) is 8.76. The molecule has 4 nitrogen and oxygen atoms in total. The molecule has 0 N–H and O–H groups in total. The van der Waals surface area contributed by atoms with Crippen LogP contribution in [0.2, 0.25) is 0 Å². The maximum absolute atomic E-state index is 4.10. The van der Waals surface area contributed by atoms with Crippen molar-refractivity contribution < 1.29 is 0 Å². The second-order valence-corrected chi connectivity index (χ2v) is 4.94. The molecule has 2 unspecified atom stereocenters. The lowest BCUT2D eigenvalue weighted by Gasteiger charge is -2.55. The van der Waals surface area contributed by atoms with Crippen LogP contribution in [0.5, 0.6) is 0 Å². The van der Waals surface area contributed by atoms with Gasteiger partial charge in [0.2, 0.25) is 0 Å². The van der Waals surface area contributed by atoms with Crippen LogP contribution in [0.4, 0.5) is 0 Å². The van der Waals surface area contributed by atoms with Crippen molar-refractivity contribution in [2.24, 2.45) is 0 Å². The molecule has 1 aromatic heterocycles. The number of nitrogens with zero attached hydrogens (tertiary/aromatic N) is 4. The second-order valence-electron chi connectivity index (χ2n) is 4.33. The number of hydrogen-bond acceptors (Lipinski definition) is 5. The van der Waals surface area contributed by atoms with Gasteiger partial charge in [-0.25, -0.2) is 0 Å². The fourth-order valence-corrected chi connectivity index (χ4v) is 3.04. The van der Waals surface area contributed by atoms with Gasteiger partial charge in [-0.3, -0.25) is 4.90 Å². The molecule has 3 fully saturated rings. The van der Waals surface area contributed by atoms with E-state index >= 15 is 0 Å². The third-order valence-corrected chi connectivity index (χ3v) is 3.83. The summed E-state index contributed by atoms with van der Waals surface area (Å²) in [5, 5.41) is 6.15. The molecular formula is C9H14N4S. The van der Waals surface area contributed by atoms with Crippen molar-refractivity contribution in [3.05, 3.63) is 11.1 Å². The Morgan fingerprint density at radius 1 is 1.50 bits per heavy atom. The van der Waals surface area contributed by atoms with Crippen LogP contribution in [-0.4, -0.2) is 51.6 Å². The summed E-state index contributed by atoms with van der Waals surface area (Å²) in [6, 6.07) is 1.53. The largest absolute Gasteiger partial charge is 0.303 e. The first-order valence-electron chi connectivity index (χ1n) is 5.03. The molecule has 14 heavy (non-hydrogen) atoms. The number of hydrogen-bond donors (Lipinski definition) is 0. The maximum Gasteiger partial charge on any atom is 0.0895 e. The first-order valence-corrected chi connectivity index (χ1v) is 5.87. The van der Waals surface area contributed by atoms with Gasteiger partial charge in [0.25, 0.3) is 0 Å². The number of fused-ring (bicyclic) bond motifs is 2. The van der Waals surface area contributed by atoms with E-state index in [1.807, 2.05) is 0 Å². The van der Waals surface area contributed by atoms with Gasteiger partial charge in [-0.1, -0.05) is 4.49 Å². The third-order valence-electron chi connectivity index (χ3n) is 3.28. The van der Waals surface area contributed by atoms with Crippen molar-refractivity contribution >= 4 is 11.5 Å². The predicted octanol–water partition coefficient (Wildman–Crippen LogP) is 0.426. The van der Waals surface area contributed by atoms with Crippen LogP contribution in [0.15, 0.2) is 5.38 Å². The molecule has 4 heterocycles. The summed E-state index contributed by atoms with van der Waals surface area (Å²) in [5.41, 5.74) is 1.13. The van der Waals surface area contributed by atoms with Crippen molar-refractivity contribution in [3.8, 4) is 0 Å². The van der Waals surface area contributed by atoms with Crippen molar-refractivity contribution in [3.63, 3.8) is 0 Å². The summed E-state index contributed by atoms with van der Waals surface area (Å²) in [4.78, 5) is 4.99. The monoisotopic (exact) mass is 210 g/mol. The van der Waals surface area contributed by atoms with Gasteiger partial charge in [-0.15, -0.1) is 5.10 Å². The highest BCUT2D eigenvalue weighted by Crippen LogP contribution is 2.32. The lowest BCUT2D eigenvalue weighted by atomic mass is 9.87. The van der Waals surface area contributed by atoms with Crippen LogP contribution >= 0.6 is 11.5 Å². The van der Waals surface area contributed by atoms with E-state index < -0.39 is 0 Å². The molecule has 0 spiro atoms. The molecule has 3 saturated heterocycles. The van der Waals surface area contributed by atoms with Crippen LogP contribution in [0.1, 0.15) is 12.1 Å². The van der Waals surface area contributed by atoms with Gasteiger partial charge in [-0.05, 0) is 25.0 Å². The van der Waals surface area contributed by atoms with E-state index in [0.29, 0.717) is 0 Å². The van der Waals surface area contributed by atoms with Gasteiger partial charge in [-0.2, -0.15) is 0 Å². The van der Waals surface area contributed by atoms with Gasteiger partial charge >= 0.3 is 0 Å². The van der Waals surface area contributed by atoms with Crippen LogP contribution in [-0.2, 0) is 6.54 Å². The number of aromatic nitrogens is 2. The highest BCUT2D eigenvalue weighted by Gasteiger charge is 2.43. The smallest absolute Gasteiger partial charge is 0.0895 e. The summed E-state index contributed by atoms with van der Waals surface area (Å²) >= 11 is 1.45. The van der Waals surface area contributed by atoms with Gasteiger partial charge in [0, 0.05) is 37.1 Å².